The fourth-order valence-corrected chi connectivity index (χ4v) is 8.96. The first kappa shape index (κ1) is 30.6. The van der Waals surface area contributed by atoms with Crippen molar-refractivity contribution in [2.45, 2.75) is 62.0 Å². The average Bonchev–Trinajstić information content (AvgIpc) is 3.61. The van der Waals surface area contributed by atoms with Crippen molar-refractivity contribution < 1.29 is 32.6 Å². The van der Waals surface area contributed by atoms with Crippen LogP contribution in [0.25, 0.3) is 10.4 Å². The Balaban J connectivity index is 1.32. The summed E-state index contributed by atoms with van der Waals surface area (Å²) >= 11 is 1.01. The van der Waals surface area contributed by atoms with Crippen molar-refractivity contribution in [2.24, 2.45) is 5.92 Å². The van der Waals surface area contributed by atoms with Crippen LogP contribution in [0.1, 0.15) is 55.1 Å². The number of nitrogens with zero attached hydrogens (tertiary/aromatic N) is 4. The molecule has 44 heavy (non-hydrogen) atoms. The van der Waals surface area contributed by atoms with Gasteiger partial charge in [0.1, 0.15) is 21.4 Å². The molecule has 13 heteroatoms. The van der Waals surface area contributed by atoms with Crippen LogP contribution >= 0.6 is 11.3 Å². The third kappa shape index (κ3) is 5.97. The fraction of sp³-hybridized carbons (Fsp3) is 0.452. The minimum absolute atomic E-state index is 0.00928. The number of benzene rings is 1. The maximum atomic E-state index is 13.9. The molecule has 1 saturated carbocycles. The number of thiophene rings is 1. The summed E-state index contributed by atoms with van der Waals surface area (Å²) in [7, 11) is -4.10. The van der Waals surface area contributed by atoms with Crippen LogP contribution in [0.15, 0.2) is 53.6 Å². The van der Waals surface area contributed by atoms with Crippen LogP contribution in [0.2, 0.25) is 0 Å². The van der Waals surface area contributed by atoms with Crippen molar-refractivity contribution in [2.75, 3.05) is 36.0 Å². The number of halogens is 1. The van der Waals surface area contributed by atoms with Gasteiger partial charge < -0.3 is 20.0 Å². The van der Waals surface area contributed by atoms with Gasteiger partial charge >= 0.3 is 5.97 Å². The number of piperazine rings is 1. The summed E-state index contributed by atoms with van der Waals surface area (Å²) in [6, 6.07) is 9.91. The predicted molar refractivity (Wildman–Crippen MR) is 165 cm³/mol. The van der Waals surface area contributed by atoms with Gasteiger partial charge in [-0.25, -0.2) is 22.6 Å². The molecule has 2 unspecified atom stereocenters. The number of hydrogen-bond acceptors (Lipinski definition) is 8. The van der Waals surface area contributed by atoms with Crippen molar-refractivity contribution in [3.05, 3.63) is 59.4 Å². The second kappa shape index (κ2) is 11.8. The molecule has 2 aromatic heterocycles. The number of β-amino-alcohol motifs (C(OH)–C–C–N with tert-alkyl or cyclic N) is 1. The Hall–Kier alpha value is -3.39. The number of carboxylic acids is 1. The lowest BCUT2D eigenvalue weighted by Crippen LogP contribution is -2.60. The molecular formula is C31H35FN4O6S2. The number of pyridine rings is 1. The number of carbonyl (C=O) groups excluding carboxylic acids is 1. The number of amides is 1. The van der Waals surface area contributed by atoms with E-state index in [1.807, 2.05) is 4.90 Å². The molecule has 2 aliphatic heterocycles. The maximum Gasteiger partial charge on any atom is 0.348 e. The van der Waals surface area contributed by atoms with Gasteiger partial charge in [-0.15, -0.1) is 11.3 Å². The van der Waals surface area contributed by atoms with Gasteiger partial charge in [0.15, 0.2) is 0 Å². The Kier molecular flexibility index (Phi) is 8.24. The molecule has 1 aromatic carbocycles. The molecular weight excluding hydrogens is 607 g/mol. The highest BCUT2D eigenvalue weighted by atomic mass is 32.2. The van der Waals surface area contributed by atoms with Crippen LogP contribution in [0, 0.1) is 11.7 Å². The molecule has 3 aliphatic rings. The van der Waals surface area contributed by atoms with Gasteiger partial charge in [0.2, 0.25) is 15.9 Å². The Labute approximate surface area is 259 Å². The third-order valence-electron chi connectivity index (χ3n) is 8.93. The van der Waals surface area contributed by atoms with Gasteiger partial charge in [0, 0.05) is 30.7 Å². The Morgan fingerprint density at radius 1 is 1.11 bits per heavy atom. The van der Waals surface area contributed by atoms with E-state index in [4.69, 9.17) is 0 Å². The Morgan fingerprint density at radius 3 is 2.45 bits per heavy atom. The highest BCUT2D eigenvalue weighted by molar-refractivity contribution is 7.89. The molecule has 3 fully saturated rings. The monoisotopic (exact) mass is 642 g/mol. The van der Waals surface area contributed by atoms with Crippen LogP contribution in [-0.4, -0.2) is 77.6 Å². The molecule has 2 saturated heterocycles. The quantitative estimate of drug-likeness (QED) is 0.383. The minimum atomic E-state index is -4.10. The van der Waals surface area contributed by atoms with E-state index in [-0.39, 0.29) is 27.9 Å². The molecule has 0 spiro atoms. The summed E-state index contributed by atoms with van der Waals surface area (Å²) in [5.74, 6) is -1.54. The lowest BCUT2D eigenvalue weighted by atomic mass is 9.82. The van der Waals surface area contributed by atoms with E-state index in [2.05, 4.69) is 4.98 Å². The van der Waals surface area contributed by atoms with Crippen LogP contribution in [0.3, 0.4) is 0 Å². The lowest BCUT2D eigenvalue weighted by molar-refractivity contribution is -0.121. The number of sulfonamides is 1. The summed E-state index contributed by atoms with van der Waals surface area (Å²) in [6.45, 7) is 2.34. The smallest absolute Gasteiger partial charge is 0.348 e. The van der Waals surface area contributed by atoms with Crippen LogP contribution in [0.5, 0.6) is 0 Å². The Bertz CT molecular complexity index is 1650. The van der Waals surface area contributed by atoms with E-state index < -0.39 is 45.9 Å². The highest BCUT2D eigenvalue weighted by Gasteiger charge is 2.44. The first-order valence-electron chi connectivity index (χ1n) is 14.8. The van der Waals surface area contributed by atoms with Gasteiger partial charge in [-0.1, -0.05) is 31.4 Å². The zero-order chi connectivity index (χ0) is 31.2. The topological polar surface area (TPSA) is 131 Å². The van der Waals surface area contributed by atoms with E-state index in [0.29, 0.717) is 35.8 Å². The number of aromatic nitrogens is 1. The number of hydrogen-bond donors (Lipinski definition) is 2. The highest BCUT2D eigenvalue weighted by Crippen LogP contribution is 2.42. The largest absolute Gasteiger partial charge is 0.477 e. The zero-order valence-electron chi connectivity index (χ0n) is 24.4. The first-order chi connectivity index (χ1) is 20.9. The van der Waals surface area contributed by atoms with Gasteiger partial charge in [0.05, 0.1) is 23.9 Å². The molecule has 4 heterocycles. The molecule has 6 rings (SSSR count). The number of aromatic carboxylic acids is 1. The van der Waals surface area contributed by atoms with E-state index in [0.717, 1.165) is 43.4 Å². The van der Waals surface area contributed by atoms with Crippen molar-refractivity contribution >= 4 is 44.7 Å². The van der Waals surface area contributed by atoms with Gasteiger partial charge in [-0.2, -0.15) is 4.31 Å². The molecule has 2 N–H and O–H groups in total. The van der Waals surface area contributed by atoms with E-state index in [1.54, 1.807) is 31.2 Å². The summed E-state index contributed by atoms with van der Waals surface area (Å²) < 4.78 is 42.5. The molecule has 0 radical (unpaired) electrons. The number of carboxylic acid groups (broad SMARTS) is 1. The number of carbonyl (C=O) groups is 2. The van der Waals surface area contributed by atoms with E-state index in [1.165, 1.54) is 33.6 Å². The number of aliphatic hydroxyl groups is 1. The van der Waals surface area contributed by atoms with Gasteiger partial charge in [-0.05, 0) is 68.0 Å². The second-order valence-corrected chi connectivity index (χ2v) is 15.2. The SMILES string of the molecule is CC1(O)CCN(c2ccc(S(=O)(=O)N3CC(=O)N(c4cc(-c5ccc(F)cc5)sc4C(=O)O)C(C4CCCCC4)C3)cn2)C1. The minimum Gasteiger partial charge on any atom is -0.477 e. The predicted octanol–water partition coefficient (Wildman–Crippen LogP) is 4.59. The van der Waals surface area contributed by atoms with Crippen molar-refractivity contribution in [3.63, 3.8) is 0 Å². The van der Waals surface area contributed by atoms with Crippen molar-refractivity contribution in [1.82, 2.24) is 9.29 Å². The summed E-state index contributed by atoms with van der Waals surface area (Å²) in [4.78, 5) is 34.6. The van der Waals surface area contributed by atoms with Crippen LogP contribution in [0.4, 0.5) is 15.9 Å². The molecule has 0 bridgehead atoms. The van der Waals surface area contributed by atoms with E-state index in [9.17, 15) is 32.6 Å². The summed E-state index contributed by atoms with van der Waals surface area (Å²) in [5, 5.41) is 20.4. The zero-order valence-corrected chi connectivity index (χ0v) is 26.0. The standard InChI is InChI=1S/C31H35FN4O6S2/c1-31(40)13-14-34(19-31)27-12-11-23(16-33-27)44(41,42)35-17-25(20-5-3-2-4-6-20)36(28(37)18-35)24-15-26(43-29(24)30(38)39)21-7-9-22(32)10-8-21/h7-12,15-16,20,25,40H,2-6,13-14,17-19H2,1H3,(H,38,39). The van der Waals surface area contributed by atoms with Crippen LogP contribution < -0.4 is 9.80 Å². The van der Waals surface area contributed by atoms with Crippen molar-refractivity contribution in [3.8, 4) is 10.4 Å². The summed E-state index contributed by atoms with van der Waals surface area (Å²) in [5.41, 5.74) is 0.0389. The number of rotatable bonds is 7. The fourth-order valence-electron chi connectivity index (χ4n) is 6.61. The molecule has 1 amide bonds. The van der Waals surface area contributed by atoms with Crippen molar-refractivity contribution in [1.29, 1.82) is 0 Å². The van der Waals surface area contributed by atoms with E-state index >= 15 is 0 Å². The number of anilines is 2. The second-order valence-electron chi connectivity index (χ2n) is 12.2. The van der Waals surface area contributed by atoms with Gasteiger partial charge in [-0.3, -0.25) is 4.79 Å². The maximum absolute atomic E-state index is 13.9. The van der Waals surface area contributed by atoms with Crippen LogP contribution in [-0.2, 0) is 14.8 Å². The molecule has 234 valence electrons. The Morgan fingerprint density at radius 2 is 1.84 bits per heavy atom. The first-order valence-corrected chi connectivity index (χ1v) is 17.1. The average molecular weight is 643 g/mol. The molecule has 1 aliphatic carbocycles. The normalized spacial score (nSPS) is 23.8. The molecule has 10 nitrogen and oxygen atoms in total. The summed E-state index contributed by atoms with van der Waals surface area (Å²) in [6.07, 6.45) is 6.42. The molecule has 2 atom stereocenters. The molecule has 3 aromatic rings. The lowest BCUT2D eigenvalue weighted by Gasteiger charge is -2.44. The third-order valence-corrected chi connectivity index (χ3v) is 11.9. The van der Waals surface area contributed by atoms with Gasteiger partial charge in [0.25, 0.3) is 0 Å².